The summed E-state index contributed by atoms with van der Waals surface area (Å²) in [6.07, 6.45) is 2.78. The van der Waals surface area contributed by atoms with Crippen LogP contribution in [0.15, 0.2) is 66.7 Å². The number of imidazole rings is 1. The molecule has 5 nitrogen and oxygen atoms in total. The first kappa shape index (κ1) is 26.7. The van der Waals surface area contributed by atoms with E-state index in [1.54, 1.807) is 0 Å². The summed E-state index contributed by atoms with van der Waals surface area (Å²) in [5, 5.41) is 3.64. The molecule has 37 heavy (non-hydrogen) atoms. The van der Waals surface area contributed by atoms with Crippen molar-refractivity contribution in [1.82, 2.24) is 14.9 Å². The fourth-order valence-electron chi connectivity index (χ4n) is 4.57. The first-order valence-corrected chi connectivity index (χ1v) is 13.5. The molecule has 1 heterocycles. The molecule has 1 N–H and O–H groups in total. The summed E-state index contributed by atoms with van der Waals surface area (Å²) in [5.41, 5.74) is 5.44. The van der Waals surface area contributed by atoms with Gasteiger partial charge in [0.2, 0.25) is 5.91 Å². The summed E-state index contributed by atoms with van der Waals surface area (Å²) in [4.78, 5) is 17.2. The maximum atomic E-state index is 12.4. The Kier molecular flexibility index (Phi) is 9.24. The van der Waals surface area contributed by atoms with Gasteiger partial charge in [-0.1, -0.05) is 67.9 Å². The van der Waals surface area contributed by atoms with E-state index in [1.807, 2.05) is 30.3 Å². The van der Waals surface area contributed by atoms with Crippen molar-refractivity contribution in [3.8, 4) is 5.75 Å². The zero-order valence-corrected chi connectivity index (χ0v) is 22.7. The van der Waals surface area contributed by atoms with Crippen molar-refractivity contribution in [3.63, 3.8) is 0 Å². The second-order valence-corrected chi connectivity index (χ2v) is 10.2. The third kappa shape index (κ3) is 7.14. The molecular formula is C31H36ClN3O2. The molecule has 0 aliphatic heterocycles. The van der Waals surface area contributed by atoms with Crippen LogP contribution < -0.4 is 10.1 Å². The number of para-hydroxylation sites is 2. The molecule has 0 atom stereocenters. The fourth-order valence-corrected chi connectivity index (χ4v) is 4.77. The van der Waals surface area contributed by atoms with Gasteiger partial charge in [0.1, 0.15) is 11.6 Å². The lowest BCUT2D eigenvalue weighted by molar-refractivity contribution is -0.120. The largest absolute Gasteiger partial charge is 0.493 e. The van der Waals surface area contributed by atoms with Crippen molar-refractivity contribution in [3.05, 3.63) is 94.3 Å². The lowest BCUT2D eigenvalue weighted by Gasteiger charge is -2.15. The Morgan fingerprint density at radius 1 is 1.05 bits per heavy atom. The van der Waals surface area contributed by atoms with Gasteiger partial charge in [0.15, 0.2) is 0 Å². The van der Waals surface area contributed by atoms with Crippen LogP contribution in [0.5, 0.6) is 5.75 Å². The standard InChI is InChI=1S/C31H36ClN3O2/c1-22(2)25-16-15-23(3)20-29(25)37-19-9-18-35-28-13-7-6-12-27(28)34-30(35)14-8-17-33-31(36)21-24-10-4-5-11-26(24)32/h4-7,10-13,15-16,20,22H,8-9,14,17-19,21H2,1-3H3,(H,33,36). The highest BCUT2D eigenvalue weighted by atomic mass is 35.5. The Bertz CT molecular complexity index is 1350. The van der Waals surface area contributed by atoms with Crippen LogP contribution in [0.1, 0.15) is 55.1 Å². The monoisotopic (exact) mass is 517 g/mol. The van der Waals surface area contributed by atoms with E-state index < -0.39 is 0 Å². The first-order chi connectivity index (χ1) is 17.9. The highest BCUT2D eigenvalue weighted by Crippen LogP contribution is 2.28. The van der Waals surface area contributed by atoms with Crippen LogP contribution in [-0.4, -0.2) is 28.6 Å². The van der Waals surface area contributed by atoms with Gasteiger partial charge in [0.05, 0.1) is 24.1 Å². The number of hydrogen-bond acceptors (Lipinski definition) is 3. The lowest BCUT2D eigenvalue weighted by Crippen LogP contribution is -2.26. The van der Waals surface area contributed by atoms with Gasteiger partial charge in [-0.25, -0.2) is 4.98 Å². The van der Waals surface area contributed by atoms with Gasteiger partial charge < -0.3 is 14.6 Å². The number of ether oxygens (including phenoxy) is 1. The number of carbonyl (C=O) groups excluding carboxylic acids is 1. The molecule has 0 aliphatic rings. The van der Waals surface area contributed by atoms with Crippen molar-refractivity contribution in [2.24, 2.45) is 0 Å². The third-order valence-electron chi connectivity index (χ3n) is 6.52. The summed E-state index contributed by atoms with van der Waals surface area (Å²) in [6, 6.07) is 22.2. The molecule has 0 unspecified atom stereocenters. The summed E-state index contributed by atoms with van der Waals surface area (Å²) >= 11 is 6.18. The van der Waals surface area contributed by atoms with Crippen molar-refractivity contribution >= 4 is 28.5 Å². The molecule has 194 valence electrons. The number of amides is 1. The number of halogens is 1. The average Bonchev–Trinajstić information content (AvgIpc) is 3.23. The Morgan fingerprint density at radius 3 is 2.65 bits per heavy atom. The Labute approximate surface area is 224 Å². The highest BCUT2D eigenvalue weighted by molar-refractivity contribution is 6.31. The van der Waals surface area contributed by atoms with Crippen LogP contribution in [0.2, 0.25) is 5.02 Å². The minimum absolute atomic E-state index is 0.0179. The van der Waals surface area contributed by atoms with Gasteiger partial charge in [-0.05, 0) is 66.6 Å². The topological polar surface area (TPSA) is 56.1 Å². The predicted molar refractivity (Wildman–Crippen MR) is 152 cm³/mol. The van der Waals surface area contributed by atoms with Crippen molar-refractivity contribution in [1.29, 1.82) is 0 Å². The predicted octanol–water partition coefficient (Wildman–Crippen LogP) is 6.88. The van der Waals surface area contributed by atoms with E-state index in [4.69, 9.17) is 21.3 Å². The average molecular weight is 518 g/mol. The molecule has 6 heteroatoms. The molecule has 0 saturated heterocycles. The van der Waals surface area contributed by atoms with E-state index in [0.717, 1.165) is 54.0 Å². The van der Waals surface area contributed by atoms with Gasteiger partial charge in [0, 0.05) is 24.5 Å². The van der Waals surface area contributed by atoms with Crippen LogP contribution >= 0.6 is 11.6 Å². The number of nitrogens with one attached hydrogen (secondary N) is 1. The van der Waals surface area contributed by atoms with Crippen molar-refractivity contribution in [2.45, 2.75) is 58.9 Å². The van der Waals surface area contributed by atoms with Gasteiger partial charge >= 0.3 is 0 Å². The fraction of sp³-hybridized carbons (Fsp3) is 0.355. The number of rotatable bonds is 12. The number of benzene rings is 3. The highest BCUT2D eigenvalue weighted by Gasteiger charge is 2.12. The molecule has 0 aliphatic carbocycles. The minimum atomic E-state index is -0.0179. The molecule has 0 fully saturated rings. The molecule has 0 spiro atoms. The van der Waals surface area contributed by atoms with Gasteiger partial charge in [-0.15, -0.1) is 0 Å². The zero-order chi connectivity index (χ0) is 26.2. The lowest BCUT2D eigenvalue weighted by atomic mass is 10.0. The Hall–Kier alpha value is -3.31. The minimum Gasteiger partial charge on any atom is -0.493 e. The van der Waals surface area contributed by atoms with Crippen molar-refractivity contribution in [2.75, 3.05) is 13.2 Å². The Morgan fingerprint density at radius 2 is 1.84 bits per heavy atom. The molecule has 0 bridgehead atoms. The third-order valence-corrected chi connectivity index (χ3v) is 6.89. The number of aromatic nitrogens is 2. The summed E-state index contributed by atoms with van der Waals surface area (Å²) in [6.45, 7) is 8.56. The number of nitrogens with zero attached hydrogens (tertiary/aromatic N) is 2. The summed E-state index contributed by atoms with van der Waals surface area (Å²) in [5.74, 6) is 2.43. The van der Waals surface area contributed by atoms with Gasteiger partial charge in [-0.2, -0.15) is 0 Å². The Balaban J connectivity index is 1.32. The van der Waals surface area contributed by atoms with Crippen LogP contribution in [0, 0.1) is 6.92 Å². The van der Waals surface area contributed by atoms with Crippen LogP contribution in [0.4, 0.5) is 0 Å². The summed E-state index contributed by atoms with van der Waals surface area (Å²) < 4.78 is 8.52. The SMILES string of the molecule is Cc1ccc(C(C)C)c(OCCCn2c(CCCNC(=O)Cc3ccccc3Cl)nc3ccccc32)c1. The molecule has 1 amide bonds. The number of aryl methyl sites for hydroxylation is 3. The van der Waals surface area contributed by atoms with Gasteiger partial charge in [0.25, 0.3) is 0 Å². The molecule has 4 rings (SSSR count). The summed E-state index contributed by atoms with van der Waals surface area (Å²) in [7, 11) is 0. The smallest absolute Gasteiger partial charge is 0.224 e. The normalized spacial score (nSPS) is 11.3. The molecule has 0 saturated carbocycles. The van der Waals surface area contributed by atoms with Gasteiger partial charge in [-0.3, -0.25) is 4.79 Å². The van der Waals surface area contributed by atoms with Crippen molar-refractivity contribution < 1.29 is 9.53 Å². The number of hydrogen-bond donors (Lipinski definition) is 1. The molecular weight excluding hydrogens is 482 g/mol. The number of carbonyl (C=O) groups is 1. The number of fused-ring (bicyclic) bond motifs is 1. The van der Waals surface area contributed by atoms with E-state index in [9.17, 15) is 4.79 Å². The maximum absolute atomic E-state index is 12.4. The quantitative estimate of drug-likeness (QED) is 0.208. The second-order valence-electron chi connectivity index (χ2n) is 9.79. The zero-order valence-electron chi connectivity index (χ0n) is 22.0. The second kappa shape index (κ2) is 12.8. The molecule has 1 aromatic heterocycles. The van der Waals surface area contributed by atoms with Crippen LogP contribution in [0.3, 0.4) is 0 Å². The maximum Gasteiger partial charge on any atom is 0.224 e. The van der Waals surface area contributed by atoms with E-state index in [1.165, 1.54) is 11.1 Å². The van der Waals surface area contributed by atoms with Crippen LogP contribution in [0.25, 0.3) is 11.0 Å². The molecule has 4 aromatic rings. The van der Waals surface area contributed by atoms with Crippen LogP contribution in [-0.2, 0) is 24.2 Å². The van der Waals surface area contributed by atoms with E-state index in [-0.39, 0.29) is 12.3 Å². The van der Waals surface area contributed by atoms with E-state index >= 15 is 0 Å². The van der Waals surface area contributed by atoms with E-state index in [0.29, 0.717) is 24.1 Å². The first-order valence-electron chi connectivity index (χ1n) is 13.1. The molecule has 0 radical (unpaired) electrons. The molecule has 3 aromatic carbocycles. The van der Waals surface area contributed by atoms with E-state index in [2.05, 4.69) is 67.1 Å².